The Morgan fingerprint density at radius 2 is 1.45 bits per heavy atom. The molecular weight excluding hydrogens is 416 g/mol. The van der Waals surface area contributed by atoms with Crippen LogP contribution in [-0.2, 0) is 17.9 Å². The lowest BCUT2D eigenvalue weighted by atomic mass is 10.0. The molecule has 2 aromatic carbocycles. The number of fused-ring (bicyclic) bond motifs is 1. The lowest BCUT2D eigenvalue weighted by Crippen LogP contribution is -2.51. The van der Waals surface area contributed by atoms with Crippen molar-refractivity contribution in [3.8, 4) is 11.5 Å². The van der Waals surface area contributed by atoms with Crippen molar-refractivity contribution in [3.63, 3.8) is 0 Å². The van der Waals surface area contributed by atoms with Crippen LogP contribution in [0.15, 0.2) is 48.5 Å². The first-order chi connectivity index (χ1) is 16.2. The highest BCUT2D eigenvalue weighted by atomic mass is 16.7. The molecule has 0 atom stereocenters. The highest BCUT2D eigenvalue weighted by Gasteiger charge is 2.24. The molecule has 3 heterocycles. The van der Waals surface area contributed by atoms with Crippen molar-refractivity contribution in [2.45, 2.75) is 32.0 Å². The third kappa shape index (κ3) is 6.05. The molecule has 2 aromatic rings. The van der Waals surface area contributed by atoms with Gasteiger partial charge in [0.2, 0.25) is 12.7 Å². The molecule has 0 saturated carbocycles. The van der Waals surface area contributed by atoms with Crippen LogP contribution in [0.5, 0.6) is 11.5 Å². The summed E-state index contributed by atoms with van der Waals surface area (Å²) in [5.41, 5.74) is 2.60. The summed E-state index contributed by atoms with van der Waals surface area (Å²) in [5.74, 6) is 1.84. The number of nitrogens with zero attached hydrogens (tertiary/aromatic N) is 3. The van der Waals surface area contributed by atoms with E-state index in [1.807, 2.05) is 6.07 Å². The van der Waals surface area contributed by atoms with Gasteiger partial charge < -0.3 is 14.8 Å². The van der Waals surface area contributed by atoms with E-state index in [2.05, 4.69) is 62.5 Å². The molecule has 2 saturated heterocycles. The number of rotatable bonds is 7. The van der Waals surface area contributed by atoms with E-state index in [-0.39, 0.29) is 5.91 Å². The van der Waals surface area contributed by atoms with E-state index in [0.717, 1.165) is 76.7 Å². The second kappa shape index (κ2) is 10.5. The highest BCUT2D eigenvalue weighted by molar-refractivity contribution is 5.78. The molecule has 33 heavy (non-hydrogen) atoms. The number of ether oxygens (including phenoxy) is 2. The third-order valence-corrected chi connectivity index (χ3v) is 6.88. The van der Waals surface area contributed by atoms with Gasteiger partial charge in [0, 0.05) is 58.4 Å². The summed E-state index contributed by atoms with van der Waals surface area (Å²) in [6.07, 6.45) is 2.06. The summed E-state index contributed by atoms with van der Waals surface area (Å²) in [6.45, 7) is 8.58. The topological polar surface area (TPSA) is 57.3 Å². The normalized spacial score (nSPS) is 20.1. The first-order valence-electron chi connectivity index (χ1n) is 12.1. The van der Waals surface area contributed by atoms with Gasteiger partial charge in [0.1, 0.15) is 0 Å². The Morgan fingerprint density at radius 1 is 0.788 bits per heavy atom. The maximum Gasteiger partial charge on any atom is 0.234 e. The summed E-state index contributed by atoms with van der Waals surface area (Å²) >= 11 is 0. The van der Waals surface area contributed by atoms with Gasteiger partial charge in [0.15, 0.2) is 11.5 Å². The summed E-state index contributed by atoms with van der Waals surface area (Å²) in [6, 6.07) is 17.1. The van der Waals surface area contributed by atoms with Gasteiger partial charge in [-0.15, -0.1) is 0 Å². The van der Waals surface area contributed by atoms with Crippen LogP contribution in [0.1, 0.15) is 24.0 Å². The molecule has 3 aliphatic rings. The van der Waals surface area contributed by atoms with Gasteiger partial charge in [0.25, 0.3) is 0 Å². The quantitative estimate of drug-likeness (QED) is 0.699. The van der Waals surface area contributed by atoms with Crippen molar-refractivity contribution in [1.29, 1.82) is 0 Å². The van der Waals surface area contributed by atoms with Crippen molar-refractivity contribution >= 4 is 5.91 Å². The Kier molecular flexibility index (Phi) is 7.09. The monoisotopic (exact) mass is 450 g/mol. The molecule has 2 fully saturated rings. The molecule has 0 spiro atoms. The fourth-order valence-electron chi connectivity index (χ4n) is 4.96. The van der Waals surface area contributed by atoms with E-state index >= 15 is 0 Å². The zero-order valence-electron chi connectivity index (χ0n) is 19.2. The molecular formula is C26H34N4O3. The van der Waals surface area contributed by atoms with Crippen molar-refractivity contribution < 1.29 is 14.3 Å². The average molecular weight is 451 g/mol. The molecule has 3 aliphatic heterocycles. The van der Waals surface area contributed by atoms with E-state index in [1.165, 1.54) is 11.1 Å². The fraction of sp³-hybridized carbons (Fsp3) is 0.500. The fourth-order valence-corrected chi connectivity index (χ4v) is 4.96. The van der Waals surface area contributed by atoms with Gasteiger partial charge in [0.05, 0.1) is 6.54 Å². The second-order valence-electron chi connectivity index (χ2n) is 9.34. The number of hydrogen-bond donors (Lipinski definition) is 1. The van der Waals surface area contributed by atoms with E-state index in [4.69, 9.17) is 9.47 Å². The zero-order chi connectivity index (χ0) is 22.5. The zero-order valence-corrected chi connectivity index (χ0v) is 19.2. The molecule has 0 bridgehead atoms. The Hall–Kier alpha value is -2.61. The molecule has 0 aliphatic carbocycles. The SMILES string of the molecule is O=C(CN1CCN(Cc2ccc3c(c2)OCO3)CC1)NC1CCN(Cc2ccccc2)CC1. The van der Waals surface area contributed by atoms with Crippen LogP contribution < -0.4 is 14.8 Å². The number of piperazine rings is 1. The summed E-state index contributed by atoms with van der Waals surface area (Å²) in [7, 11) is 0. The van der Waals surface area contributed by atoms with E-state index in [9.17, 15) is 4.79 Å². The summed E-state index contributed by atoms with van der Waals surface area (Å²) in [5, 5.41) is 3.28. The van der Waals surface area contributed by atoms with Gasteiger partial charge in [-0.05, 0) is 36.1 Å². The van der Waals surface area contributed by atoms with E-state index in [1.54, 1.807) is 0 Å². The Morgan fingerprint density at radius 3 is 2.24 bits per heavy atom. The molecule has 1 N–H and O–H groups in total. The van der Waals surface area contributed by atoms with Crippen LogP contribution in [0, 0.1) is 0 Å². The molecule has 1 amide bonds. The molecule has 5 rings (SSSR count). The standard InChI is InChI=1S/C26H34N4O3/c31-26(27-23-8-10-28(11-9-23)17-21-4-2-1-3-5-21)19-30-14-12-29(13-15-30)18-22-6-7-24-25(16-22)33-20-32-24/h1-7,16,23H,8-15,17-20H2,(H,27,31). The summed E-state index contributed by atoms with van der Waals surface area (Å²) in [4.78, 5) is 19.8. The number of amides is 1. The Bertz CT molecular complexity index is 922. The van der Waals surface area contributed by atoms with Crippen LogP contribution in [0.3, 0.4) is 0 Å². The van der Waals surface area contributed by atoms with Crippen molar-refractivity contribution in [1.82, 2.24) is 20.0 Å². The van der Waals surface area contributed by atoms with Crippen LogP contribution >= 0.6 is 0 Å². The predicted molar refractivity (Wildman–Crippen MR) is 127 cm³/mol. The Labute approximate surface area is 196 Å². The van der Waals surface area contributed by atoms with Crippen molar-refractivity contribution in [2.24, 2.45) is 0 Å². The molecule has 7 nitrogen and oxygen atoms in total. The number of carbonyl (C=O) groups is 1. The number of nitrogens with one attached hydrogen (secondary N) is 1. The first kappa shape index (κ1) is 22.2. The lowest BCUT2D eigenvalue weighted by molar-refractivity contribution is -0.123. The number of benzene rings is 2. The Balaban J connectivity index is 0.993. The molecule has 0 unspecified atom stereocenters. The van der Waals surface area contributed by atoms with Crippen LogP contribution in [-0.4, -0.2) is 79.3 Å². The minimum Gasteiger partial charge on any atom is -0.454 e. The maximum atomic E-state index is 12.6. The van der Waals surface area contributed by atoms with Crippen molar-refractivity contribution in [3.05, 3.63) is 59.7 Å². The first-order valence-corrected chi connectivity index (χ1v) is 12.1. The third-order valence-electron chi connectivity index (χ3n) is 6.88. The minimum atomic E-state index is 0.167. The number of hydrogen-bond acceptors (Lipinski definition) is 6. The lowest BCUT2D eigenvalue weighted by Gasteiger charge is -2.35. The predicted octanol–water partition coefficient (Wildman–Crippen LogP) is 2.31. The van der Waals surface area contributed by atoms with Gasteiger partial charge in [-0.2, -0.15) is 0 Å². The molecule has 7 heteroatoms. The molecule has 176 valence electrons. The summed E-state index contributed by atoms with van der Waals surface area (Å²) < 4.78 is 10.9. The highest BCUT2D eigenvalue weighted by Crippen LogP contribution is 2.32. The van der Waals surface area contributed by atoms with Gasteiger partial charge in [-0.25, -0.2) is 0 Å². The van der Waals surface area contributed by atoms with E-state index < -0.39 is 0 Å². The van der Waals surface area contributed by atoms with Gasteiger partial charge in [-0.3, -0.25) is 19.5 Å². The van der Waals surface area contributed by atoms with E-state index in [0.29, 0.717) is 19.4 Å². The number of likely N-dealkylation sites (tertiary alicyclic amines) is 1. The smallest absolute Gasteiger partial charge is 0.234 e. The second-order valence-corrected chi connectivity index (χ2v) is 9.34. The molecule has 0 radical (unpaired) electrons. The largest absolute Gasteiger partial charge is 0.454 e. The maximum absolute atomic E-state index is 12.6. The van der Waals surface area contributed by atoms with Crippen LogP contribution in [0.4, 0.5) is 0 Å². The molecule has 0 aromatic heterocycles. The van der Waals surface area contributed by atoms with Gasteiger partial charge in [-0.1, -0.05) is 36.4 Å². The van der Waals surface area contributed by atoms with Crippen LogP contribution in [0.2, 0.25) is 0 Å². The minimum absolute atomic E-state index is 0.167. The van der Waals surface area contributed by atoms with Crippen molar-refractivity contribution in [2.75, 3.05) is 52.6 Å². The van der Waals surface area contributed by atoms with Gasteiger partial charge >= 0.3 is 0 Å². The van der Waals surface area contributed by atoms with Crippen LogP contribution in [0.25, 0.3) is 0 Å². The number of carbonyl (C=O) groups excluding carboxylic acids is 1. The number of piperidine rings is 1. The average Bonchev–Trinajstić information content (AvgIpc) is 3.30.